The van der Waals surface area contributed by atoms with Crippen molar-refractivity contribution in [3.8, 4) is 0 Å². The minimum absolute atomic E-state index is 0.000453. The van der Waals surface area contributed by atoms with Crippen LogP contribution in [0.3, 0.4) is 0 Å². The Morgan fingerprint density at radius 1 is 0.143 bits per heavy atom. The average molecular weight is 2100 g/mol. The molecule has 42 nitrogen and oxygen atoms in total. The van der Waals surface area contributed by atoms with Crippen LogP contribution in [-0.4, -0.2) is 496 Å². The molecular formula is C104H189N21O21S. The average Bonchev–Trinajstić information content (AvgIpc) is 0.898. The topological polar surface area (TPSA) is 435 Å². The predicted molar refractivity (Wildman–Crippen MR) is 570 cm³/mol. The molecule has 842 valence electrons. The van der Waals surface area contributed by atoms with Gasteiger partial charge in [0.15, 0.2) is 0 Å². The van der Waals surface area contributed by atoms with Gasteiger partial charge >= 0.3 is 0 Å². The first-order valence-corrected chi connectivity index (χ1v) is 55.2. The van der Waals surface area contributed by atoms with E-state index in [9.17, 15) is 101 Å². The molecule has 0 aliphatic heterocycles. The normalized spacial score (nSPS) is 10.9. The fraction of sp³-hybridized carbons (Fsp3) is 0.798. The van der Waals surface area contributed by atoms with Gasteiger partial charge in [-0.2, -0.15) is 12.6 Å². The number of carbonyl (C=O) groups excluding carboxylic acids is 21. The van der Waals surface area contributed by atoms with Crippen molar-refractivity contribution in [2.24, 2.45) is 0 Å². The van der Waals surface area contributed by atoms with Gasteiger partial charge in [-0.25, -0.2) is 0 Å². The standard InChI is InChI=1S/C104H189N21O21S/c1-22-106(84(21)126)64-43-86(128)108(24-3)66-45-88(130)110(26-5)68-47-90(132)112(28-7)70-49-92(134)114(30-9)72-51-94(136)116(32-11)74-53-96(138)118(34-13)76-55-98(140)120(36-15)78-57-100(142)122(38-17)80-59-102(144)124(40-19)82-61-104(146)125(41-20)81-60-103(145)123(39-18)79-58-101(143)121(37-16)77-56-99(141)119(35-14)75-54-97(139)117(33-12)73-52-95(137)115(31-10)71-50-93(135)113(29-8)69-48-91(133)111(27-6)67-46-89(131)109(25-4)65-44-87(129)107(23-2)63-42-85(127)105-62-83-147/h147H,22-83H2,1-21H3,(H,105,127). The highest BCUT2D eigenvalue weighted by molar-refractivity contribution is 7.80. The van der Waals surface area contributed by atoms with Gasteiger partial charge in [0.2, 0.25) is 124 Å². The van der Waals surface area contributed by atoms with Gasteiger partial charge in [0.25, 0.3) is 0 Å². The Morgan fingerprint density at radius 3 is 0.299 bits per heavy atom. The molecule has 21 amide bonds. The van der Waals surface area contributed by atoms with Gasteiger partial charge in [-0.15, -0.1) is 0 Å². The molecule has 0 aromatic heterocycles. The first kappa shape index (κ1) is 136. The number of nitrogens with one attached hydrogen (secondary N) is 1. The van der Waals surface area contributed by atoms with Crippen molar-refractivity contribution in [2.45, 2.75) is 274 Å². The van der Waals surface area contributed by atoms with Crippen molar-refractivity contribution in [1.29, 1.82) is 0 Å². The second kappa shape index (κ2) is 79.3. The smallest absolute Gasteiger partial charge is 0.224 e. The lowest BCUT2D eigenvalue weighted by atomic mass is 10.2. The van der Waals surface area contributed by atoms with E-state index in [4.69, 9.17) is 0 Å². The van der Waals surface area contributed by atoms with Crippen LogP contribution < -0.4 is 5.32 Å². The summed E-state index contributed by atoms with van der Waals surface area (Å²) in [5, 5.41) is 2.74. The number of amides is 21. The molecule has 0 atom stereocenters. The van der Waals surface area contributed by atoms with Crippen LogP contribution in [0, 0.1) is 0 Å². The highest BCUT2D eigenvalue weighted by atomic mass is 32.1. The Labute approximate surface area is 884 Å². The first-order chi connectivity index (χ1) is 70.1. The second-order valence-electron chi connectivity index (χ2n) is 35.7. The molecule has 0 rings (SSSR count). The van der Waals surface area contributed by atoms with Crippen LogP contribution in [0.2, 0.25) is 0 Å². The molecule has 0 aromatic rings. The molecule has 0 spiro atoms. The Bertz CT molecular complexity index is 3840. The molecule has 0 bridgehead atoms. The van der Waals surface area contributed by atoms with Crippen molar-refractivity contribution in [3.63, 3.8) is 0 Å². The zero-order valence-corrected chi connectivity index (χ0v) is 94.7. The summed E-state index contributed by atoms with van der Waals surface area (Å²) >= 11 is 4.10. The van der Waals surface area contributed by atoms with E-state index in [1.807, 2.05) is 48.5 Å². The summed E-state index contributed by atoms with van der Waals surface area (Å²) in [7, 11) is 0. The Morgan fingerprint density at radius 2 is 0.224 bits per heavy atom. The van der Waals surface area contributed by atoms with Crippen LogP contribution in [0.15, 0.2) is 0 Å². The molecule has 0 aliphatic carbocycles. The quantitative estimate of drug-likeness (QED) is 0.0770. The molecule has 147 heavy (non-hydrogen) atoms. The Hall–Kier alpha value is -10.8. The highest BCUT2D eigenvalue weighted by Crippen LogP contribution is 2.16. The van der Waals surface area contributed by atoms with Crippen molar-refractivity contribution >= 4 is 137 Å². The summed E-state index contributed by atoms with van der Waals surface area (Å²) in [6.07, 6.45) is 0.580. The maximum atomic E-state index is 13.7. The van der Waals surface area contributed by atoms with Crippen molar-refractivity contribution < 1.29 is 101 Å². The predicted octanol–water partition coefficient (Wildman–Crippen LogP) is 4.82. The number of nitrogens with zero attached hydrogens (tertiary/aromatic N) is 20. The molecular weight excluding hydrogens is 1910 g/mol. The number of hydrogen-bond acceptors (Lipinski definition) is 22. The molecule has 1 N–H and O–H groups in total. The minimum atomic E-state index is -0.259. The van der Waals surface area contributed by atoms with E-state index >= 15 is 0 Å². The molecule has 0 radical (unpaired) electrons. The summed E-state index contributed by atoms with van der Waals surface area (Å²) in [6.45, 7) is 47.7. The summed E-state index contributed by atoms with van der Waals surface area (Å²) in [5.41, 5.74) is 0. The van der Waals surface area contributed by atoms with Gasteiger partial charge in [-0.1, -0.05) is 0 Å². The Balaban J connectivity index is 5.27. The number of thiol groups is 1. The molecule has 0 fully saturated rings. The first-order valence-electron chi connectivity index (χ1n) is 54.5. The van der Waals surface area contributed by atoms with Gasteiger partial charge in [0.05, 0.1) is 0 Å². The summed E-state index contributed by atoms with van der Waals surface area (Å²) in [6, 6.07) is 0. The third-order valence-corrected chi connectivity index (χ3v) is 27.4. The Kier molecular flexibility index (Phi) is 73.5. The lowest BCUT2D eigenvalue weighted by molar-refractivity contribution is -0.139. The van der Waals surface area contributed by atoms with Crippen LogP contribution in [0.4, 0.5) is 0 Å². The number of carbonyl (C=O) groups is 21. The molecule has 0 saturated heterocycles. The van der Waals surface area contributed by atoms with Gasteiger partial charge < -0.3 is 103 Å². The maximum absolute atomic E-state index is 13.7. The van der Waals surface area contributed by atoms with Crippen molar-refractivity contribution in [2.75, 3.05) is 274 Å². The minimum Gasteiger partial charge on any atom is -0.355 e. The molecule has 43 heteroatoms. The van der Waals surface area contributed by atoms with Gasteiger partial charge in [-0.3, -0.25) is 101 Å². The second-order valence-corrected chi connectivity index (χ2v) is 36.1. The van der Waals surface area contributed by atoms with Gasteiger partial charge in [0.1, 0.15) is 0 Å². The summed E-state index contributed by atoms with van der Waals surface area (Å²) in [5.74, 6) is -4.18. The fourth-order valence-electron chi connectivity index (χ4n) is 17.2. The summed E-state index contributed by atoms with van der Waals surface area (Å²) < 4.78 is 0. The third-order valence-electron chi connectivity index (χ3n) is 27.1. The molecule has 0 aromatic carbocycles. The van der Waals surface area contributed by atoms with E-state index in [0.29, 0.717) is 150 Å². The van der Waals surface area contributed by atoms with Crippen LogP contribution in [0.25, 0.3) is 0 Å². The summed E-state index contributed by atoms with van der Waals surface area (Å²) in [4.78, 5) is 312. The zero-order chi connectivity index (χ0) is 111. The van der Waals surface area contributed by atoms with Crippen LogP contribution in [0.5, 0.6) is 0 Å². The van der Waals surface area contributed by atoms with E-state index in [0.717, 1.165) is 0 Å². The molecule has 0 saturated carbocycles. The van der Waals surface area contributed by atoms with Crippen molar-refractivity contribution in [1.82, 2.24) is 103 Å². The zero-order valence-electron chi connectivity index (χ0n) is 93.8. The van der Waals surface area contributed by atoms with Gasteiger partial charge in [0, 0.05) is 409 Å². The van der Waals surface area contributed by atoms with Crippen LogP contribution in [0.1, 0.15) is 274 Å². The third kappa shape index (κ3) is 52.8. The van der Waals surface area contributed by atoms with Crippen molar-refractivity contribution in [3.05, 3.63) is 0 Å². The molecule has 0 unspecified atom stereocenters. The highest BCUT2D eigenvalue weighted by Gasteiger charge is 2.31. The number of rotatable bonds is 82. The largest absolute Gasteiger partial charge is 0.355 e. The van der Waals surface area contributed by atoms with E-state index < -0.39 is 0 Å². The van der Waals surface area contributed by atoms with E-state index in [1.54, 1.807) is 188 Å². The lowest BCUT2D eigenvalue weighted by Crippen LogP contribution is -2.42. The van der Waals surface area contributed by atoms with E-state index in [-0.39, 0.29) is 377 Å². The number of hydrogen-bond donors (Lipinski definition) is 2. The molecule has 0 aliphatic rings. The maximum Gasteiger partial charge on any atom is 0.224 e. The molecule has 0 heterocycles. The fourth-order valence-corrected chi connectivity index (χ4v) is 17.3. The SMILES string of the molecule is CCN(CCC(=O)N(CC)CCC(=O)N(CC)CCC(=O)N(CC)CCC(=O)N(CC)CCC(=O)N(CC)CCC(=O)N(CC)CCC(=O)N(CC)CCC(=O)N(CC)CCC(=O)N(CC)CCC(=O)N(CC)CCC(=O)N(CC)CCC(=O)N(CC)CCC(=O)N(CC)CCC(=O)N(CC)CCC(=O)N(CC)CCC(=O)N(CC)CCC(=O)N(CC)CCC(=O)N(CC)CCC(=O)N(CC)CCC(=O)NCCS)C(C)=O. The van der Waals surface area contributed by atoms with E-state index in [1.165, 1.54) is 6.92 Å². The van der Waals surface area contributed by atoms with Crippen LogP contribution in [-0.2, 0) is 101 Å². The van der Waals surface area contributed by atoms with E-state index in [2.05, 4.69) is 17.9 Å². The van der Waals surface area contributed by atoms with Gasteiger partial charge in [-0.05, 0) is 138 Å². The lowest BCUT2D eigenvalue weighted by Gasteiger charge is -2.28. The van der Waals surface area contributed by atoms with Crippen LogP contribution >= 0.6 is 12.6 Å². The monoisotopic (exact) mass is 2100 g/mol.